The van der Waals surface area contributed by atoms with Crippen LogP contribution < -0.4 is 5.32 Å². The summed E-state index contributed by atoms with van der Waals surface area (Å²) in [6, 6.07) is 9.08. The minimum absolute atomic E-state index is 0.329. The van der Waals surface area contributed by atoms with Gasteiger partial charge in [0, 0.05) is 6.54 Å². The second-order valence-corrected chi connectivity index (χ2v) is 6.59. The molecule has 0 spiro atoms. The fourth-order valence-electron chi connectivity index (χ4n) is 2.82. The number of hydrogen-bond donors (Lipinski definition) is 1. The van der Waals surface area contributed by atoms with Gasteiger partial charge < -0.3 is 5.32 Å². The standard InChI is InChI=1S/C16H20BrN3/c1-10(2)15-14(17)16-18-8-7-13(20(16)19-15)12-6-4-5-11(3)9-12/h4-6,9-10,13,18H,7-8H2,1-3H3. The molecule has 2 aromatic rings. The predicted octanol–water partition coefficient (Wildman–Crippen LogP) is 4.48. The molecule has 3 rings (SSSR count). The number of anilines is 1. The maximum atomic E-state index is 4.84. The summed E-state index contributed by atoms with van der Waals surface area (Å²) in [4.78, 5) is 0. The largest absolute Gasteiger partial charge is 0.369 e. The number of rotatable bonds is 2. The molecule has 1 aliphatic rings. The second kappa shape index (κ2) is 5.24. The molecule has 1 N–H and O–H groups in total. The SMILES string of the molecule is Cc1cccc(C2CCNc3c(Br)c(C(C)C)nn32)c1. The average Bonchev–Trinajstić information content (AvgIpc) is 2.76. The number of nitrogens with one attached hydrogen (secondary N) is 1. The van der Waals surface area contributed by atoms with Crippen LogP contribution in [0.4, 0.5) is 5.82 Å². The number of fused-ring (bicyclic) bond motifs is 1. The van der Waals surface area contributed by atoms with Gasteiger partial charge in [0.15, 0.2) is 0 Å². The molecule has 1 aromatic carbocycles. The summed E-state index contributed by atoms with van der Waals surface area (Å²) in [7, 11) is 0. The van der Waals surface area contributed by atoms with E-state index in [1.165, 1.54) is 11.1 Å². The van der Waals surface area contributed by atoms with Gasteiger partial charge in [-0.25, -0.2) is 4.68 Å². The normalized spacial score (nSPS) is 17.9. The third kappa shape index (κ3) is 2.26. The molecule has 0 radical (unpaired) electrons. The molecule has 106 valence electrons. The minimum Gasteiger partial charge on any atom is -0.369 e. The Morgan fingerprint density at radius 3 is 2.90 bits per heavy atom. The Bertz CT molecular complexity index is 631. The molecule has 0 saturated carbocycles. The Balaban J connectivity index is 2.08. The van der Waals surface area contributed by atoms with Crippen molar-refractivity contribution >= 4 is 21.7 Å². The zero-order chi connectivity index (χ0) is 14.3. The van der Waals surface area contributed by atoms with Crippen LogP contribution in [0.25, 0.3) is 0 Å². The van der Waals surface area contributed by atoms with Gasteiger partial charge >= 0.3 is 0 Å². The summed E-state index contributed by atoms with van der Waals surface area (Å²) in [5.74, 6) is 1.54. The summed E-state index contributed by atoms with van der Waals surface area (Å²) in [5.41, 5.74) is 3.78. The summed E-state index contributed by atoms with van der Waals surface area (Å²) in [6.45, 7) is 7.49. The van der Waals surface area contributed by atoms with Crippen molar-refractivity contribution in [1.82, 2.24) is 9.78 Å². The molecule has 4 heteroatoms. The zero-order valence-electron chi connectivity index (χ0n) is 12.2. The molecule has 1 aliphatic heterocycles. The van der Waals surface area contributed by atoms with Crippen LogP contribution in [0, 0.1) is 6.92 Å². The van der Waals surface area contributed by atoms with Crippen molar-refractivity contribution in [1.29, 1.82) is 0 Å². The van der Waals surface area contributed by atoms with E-state index in [-0.39, 0.29) is 0 Å². The summed E-state index contributed by atoms with van der Waals surface area (Å²) < 4.78 is 3.27. The highest BCUT2D eigenvalue weighted by Gasteiger charge is 2.27. The molecular weight excluding hydrogens is 314 g/mol. The van der Waals surface area contributed by atoms with Crippen LogP contribution in [-0.2, 0) is 0 Å². The van der Waals surface area contributed by atoms with Gasteiger partial charge in [0.25, 0.3) is 0 Å². The van der Waals surface area contributed by atoms with Gasteiger partial charge in [0.1, 0.15) is 5.82 Å². The maximum absolute atomic E-state index is 4.84. The molecule has 1 unspecified atom stereocenters. The van der Waals surface area contributed by atoms with Crippen LogP contribution in [0.2, 0.25) is 0 Å². The fraction of sp³-hybridized carbons (Fsp3) is 0.438. The Morgan fingerprint density at radius 1 is 1.40 bits per heavy atom. The molecule has 0 fully saturated rings. The number of aromatic nitrogens is 2. The van der Waals surface area contributed by atoms with Crippen molar-refractivity contribution < 1.29 is 0 Å². The first-order valence-corrected chi connectivity index (χ1v) is 7.95. The first-order chi connectivity index (χ1) is 9.58. The highest BCUT2D eigenvalue weighted by atomic mass is 79.9. The van der Waals surface area contributed by atoms with Crippen LogP contribution in [0.1, 0.15) is 49.0 Å². The third-order valence-electron chi connectivity index (χ3n) is 3.86. The summed E-state index contributed by atoms with van der Waals surface area (Å²) >= 11 is 3.71. The van der Waals surface area contributed by atoms with E-state index in [1.807, 2.05) is 0 Å². The Hall–Kier alpha value is -1.29. The summed E-state index contributed by atoms with van der Waals surface area (Å²) in [5, 5.41) is 8.32. The van der Waals surface area contributed by atoms with E-state index in [1.54, 1.807) is 0 Å². The molecular formula is C16H20BrN3. The first kappa shape index (κ1) is 13.7. The van der Waals surface area contributed by atoms with Gasteiger partial charge in [0.2, 0.25) is 0 Å². The molecule has 0 bridgehead atoms. The fourth-order valence-corrected chi connectivity index (χ4v) is 3.68. The number of nitrogens with zero attached hydrogens (tertiary/aromatic N) is 2. The second-order valence-electron chi connectivity index (χ2n) is 5.79. The lowest BCUT2D eigenvalue weighted by atomic mass is 10.0. The Kier molecular flexibility index (Phi) is 3.59. The lowest BCUT2D eigenvalue weighted by Gasteiger charge is -2.26. The summed E-state index contributed by atoms with van der Waals surface area (Å²) in [6.07, 6.45) is 1.07. The molecule has 20 heavy (non-hydrogen) atoms. The van der Waals surface area contributed by atoms with E-state index >= 15 is 0 Å². The van der Waals surface area contributed by atoms with E-state index in [4.69, 9.17) is 5.10 Å². The lowest BCUT2D eigenvalue weighted by Crippen LogP contribution is -2.24. The van der Waals surface area contributed by atoms with E-state index in [2.05, 4.69) is 71.0 Å². The van der Waals surface area contributed by atoms with Crippen molar-refractivity contribution in [3.05, 3.63) is 45.6 Å². The van der Waals surface area contributed by atoms with E-state index in [9.17, 15) is 0 Å². The zero-order valence-corrected chi connectivity index (χ0v) is 13.7. The highest BCUT2D eigenvalue weighted by molar-refractivity contribution is 9.10. The average molecular weight is 334 g/mol. The molecule has 1 aromatic heterocycles. The van der Waals surface area contributed by atoms with E-state index in [0.717, 1.165) is 29.0 Å². The maximum Gasteiger partial charge on any atom is 0.139 e. The third-order valence-corrected chi connectivity index (χ3v) is 4.64. The number of halogens is 1. The Labute approximate surface area is 128 Å². The van der Waals surface area contributed by atoms with Crippen LogP contribution >= 0.6 is 15.9 Å². The number of hydrogen-bond acceptors (Lipinski definition) is 2. The van der Waals surface area contributed by atoms with Crippen molar-refractivity contribution in [2.45, 2.75) is 39.2 Å². The van der Waals surface area contributed by atoms with Crippen LogP contribution in [0.15, 0.2) is 28.7 Å². The van der Waals surface area contributed by atoms with Gasteiger partial charge in [-0.15, -0.1) is 0 Å². The van der Waals surface area contributed by atoms with Gasteiger partial charge in [0.05, 0.1) is 16.2 Å². The van der Waals surface area contributed by atoms with Gasteiger partial charge in [-0.05, 0) is 40.8 Å². The van der Waals surface area contributed by atoms with Gasteiger partial charge in [-0.3, -0.25) is 0 Å². The molecule has 0 saturated heterocycles. The molecule has 1 atom stereocenters. The minimum atomic E-state index is 0.329. The number of benzene rings is 1. The smallest absolute Gasteiger partial charge is 0.139 e. The molecule has 2 heterocycles. The molecule has 0 amide bonds. The lowest BCUT2D eigenvalue weighted by molar-refractivity contribution is 0.476. The van der Waals surface area contributed by atoms with Crippen molar-refractivity contribution in [3.8, 4) is 0 Å². The predicted molar refractivity (Wildman–Crippen MR) is 86.4 cm³/mol. The van der Waals surface area contributed by atoms with Crippen molar-refractivity contribution in [2.24, 2.45) is 0 Å². The van der Waals surface area contributed by atoms with Crippen molar-refractivity contribution in [3.63, 3.8) is 0 Å². The van der Waals surface area contributed by atoms with Crippen LogP contribution in [0.5, 0.6) is 0 Å². The van der Waals surface area contributed by atoms with Gasteiger partial charge in [-0.2, -0.15) is 5.10 Å². The monoisotopic (exact) mass is 333 g/mol. The van der Waals surface area contributed by atoms with Gasteiger partial charge in [-0.1, -0.05) is 43.7 Å². The Morgan fingerprint density at radius 2 is 2.20 bits per heavy atom. The topological polar surface area (TPSA) is 29.9 Å². The van der Waals surface area contributed by atoms with Crippen LogP contribution in [-0.4, -0.2) is 16.3 Å². The molecule has 0 aliphatic carbocycles. The van der Waals surface area contributed by atoms with Crippen LogP contribution in [0.3, 0.4) is 0 Å². The number of aryl methyl sites for hydroxylation is 1. The quantitative estimate of drug-likeness (QED) is 0.877. The van der Waals surface area contributed by atoms with Crippen molar-refractivity contribution in [2.75, 3.05) is 11.9 Å². The highest BCUT2D eigenvalue weighted by Crippen LogP contribution is 2.38. The van der Waals surface area contributed by atoms with E-state index in [0.29, 0.717) is 12.0 Å². The first-order valence-electron chi connectivity index (χ1n) is 7.16. The van der Waals surface area contributed by atoms with E-state index < -0.39 is 0 Å². The molecule has 3 nitrogen and oxygen atoms in total.